The zero-order chi connectivity index (χ0) is 9.54. The second kappa shape index (κ2) is 2.74. The van der Waals surface area contributed by atoms with Gasteiger partial charge in [0.2, 0.25) is 0 Å². The first kappa shape index (κ1) is 7.86. The van der Waals surface area contributed by atoms with Crippen molar-refractivity contribution < 1.29 is 4.74 Å². The summed E-state index contributed by atoms with van der Waals surface area (Å²) < 4.78 is 5.82. The summed E-state index contributed by atoms with van der Waals surface area (Å²) in [6, 6.07) is 12.7. The fourth-order valence-corrected chi connectivity index (χ4v) is 2.14. The highest BCUT2D eigenvalue weighted by Gasteiger charge is 2.20. The van der Waals surface area contributed by atoms with E-state index in [1.807, 2.05) is 0 Å². The predicted molar refractivity (Wildman–Crippen MR) is 57.7 cm³/mol. The van der Waals surface area contributed by atoms with Gasteiger partial charge >= 0.3 is 0 Å². The fourth-order valence-electron chi connectivity index (χ4n) is 2.14. The van der Waals surface area contributed by atoms with Gasteiger partial charge in [0.15, 0.2) is 0 Å². The maximum Gasteiger partial charge on any atom is 0.130 e. The van der Waals surface area contributed by atoms with Crippen LogP contribution >= 0.6 is 0 Å². The Morgan fingerprint density at radius 1 is 1.14 bits per heavy atom. The highest BCUT2D eigenvalue weighted by molar-refractivity contribution is 5.90. The number of fused-ring (bicyclic) bond motifs is 3. The monoisotopic (exact) mass is 184 g/mol. The van der Waals surface area contributed by atoms with E-state index < -0.39 is 0 Å². The molecular weight excluding hydrogens is 172 g/mol. The second-order valence-electron chi connectivity index (χ2n) is 3.91. The quantitative estimate of drug-likeness (QED) is 0.611. The van der Waals surface area contributed by atoms with Crippen molar-refractivity contribution in [3.05, 3.63) is 42.0 Å². The van der Waals surface area contributed by atoms with Crippen LogP contribution in [0.3, 0.4) is 0 Å². The number of benzene rings is 2. The molecule has 0 spiro atoms. The zero-order valence-corrected chi connectivity index (χ0v) is 8.16. The number of rotatable bonds is 0. The minimum Gasteiger partial charge on any atom is -0.489 e. The van der Waals surface area contributed by atoms with Gasteiger partial charge in [-0.3, -0.25) is 0 Å². The van der Waals surface area contributed by atoms with Gasteiger partial charge in [0.25, 0.3) is 0 Å². The molecule has 1 heteroatoms. The molecule has 0 N–H and O–H groups in total. The van der Waals surface area contributed by atoms with Gasteiger partial charge in [-0.15, -0.1) is 0 Å². The van der Waals surface area contributed by atoms with Gasteiger partial charge in [-0.05, 0) is 17.9 Å². The van der Waals surface area contributed by atoms with Crippen molar-refractivity contribution >= 4 is 10.8 Å². The van der Waals surface area contributed by atoms with E-state index in [-0.39, 0.29) is 0 Å². The Bertz CT molecular complexity index is 488. The zero-order valence-electron chi connectivity index (χ0n) is 8.16. The topological polar surface area (TPSA) is 9.23 Å². The van der Waals surface area contributed by atoms with Crippen LogP contribution in [0.1, 0.15) is 12.5 Å². The van der Waals surface area contributed by atoms with E-state index >= 15 is 0 Å². The van der Waals surface area contributed by atoms with Crippen molar-refractivity contribution in [1.29, 1.82) is 0 Å². The summed E-state index contributed by atoms with van der Waals surface area (Å²) in [6.07, 6.45) is 1.37. The molecule has 2 aromatic rings. The summed E-state index contributed by atoms with van der Waals surface area (Å²) in [5.74, 6) is 1.09. The van der Waals surface area contributed by atoms with E-state index in [2.05, 4.69) is 43.3 Å². The van der Waals surface area contributed by atoms with Crippen LogP contribution in [0.5, 0.6) is 5.75 Å². The van der Waals surface area contributed by atoms with Crippen LogP contribution in [0.2, 0.25) is 0 Å². The first-order valence-corrected chi connectivity index (χ1v) is 5.02. The standard InChI is InChI=1S/C13H12O/c1-9-8-11-7-6-10-4-2-3-5-12(10)13(11)14-9/h2-7,9H,8H2,1H3. The van der Waals surface area contributed by atoms with Crippen LogP contribution in [0.25, 0.3) is 10.8 Å². The van der Waals surface area contributed by atoms with Crippen molar-refractivity contribution in [2.75, 3.05) is 0 Å². The van der Waals surface area contributed by atoms with E-state index in [4.69, 9.17) is 4.74 Å². The van der Waals surface area contributed by atoms with Gasteiger partial charge in [0.1, 0.15) is 11.9 Å². The second-order valence-corrected chi connectivity index (χ2v) is 3.91. The molecule has 1 unspecified atom stereocenters. The van der Waals surface area contributed by atoms with Crippen LogP contribution in [0, 0.1) is 0 Å². The summed E-state index contributed by atoms with van der Waals surface area (Å²) >= 11 is 0. The molecule has 1 atom stereocenters. The third kappa shape index (κ3) is 1.02. The molecule has 0 aromatic heterocycles. The molecule has 1 aliphatic heterocycles. The third-order valence-electron chi connectivity index (χ3n) is 2.79. The predicted octanol–water partition coefficient (Wildman–Crippen LogP) is 3.16. The molecule has 2 aromatic carbocycles. The Balaban J connectivity index is 2.33. The normalized spacial score (nSPS) is 19.4. The average molecular weight is 184 g/mol. The molecular formula is C13H12O. The van der Waals surface area contributed by atoms with Crippen molar-refractivity contribution in [2.24, 2.45) is 0 Å². The molecule has 0 saturated carbocycles. The van der Waals surface area contributed by atoms with Crippen molar-refractivity contribution in [2.45, 2.75) is 19.4 Å². The molecule has 1 aliphatic rings. The summed E-state index contributed by atoms with van der Waals surface area (Å²) in [6.45, 7) is 2.12. The van der Waals surface area contributed by atoms with E-state index in [9.17, 15) is 0 Å². The SMILES string of the molecule is CC1Cc2ccc3ccccc3c2O1. The summed E-state index contributed by atoms with van der Waals surface area (Å²) in [5.41, 5.74) is 1.34. The molecule has 1 nitrogen and oxygen atoms in total. The largest absolute Gasteiger partial charge is 0.489 e. The fraction of sp³-hybridized carbons (Fsp3) is 0.231. The Labute approximate surface area is 83.3 Å². The highest BCUT2D eigenvalue weighted by Crippen LogP contribution is 2.35. The third-order valence-corrected chi connectivity index (χ3v) is 2.79. The highest BCUT2D eigenvalue weighted by atomic mass is 16.5. The number of ether oxygens (including phenoxy) is 1. The summed E-state index contributed by atoms with van der Waals surface area (Å²) in [4.78, 5) is 0. The first-order valence-electron chi connectivity index (χ1n) is 5.02. The number of hydrogen-bond donors (Lipinski definition) is 0. The van der Waals surface area contributed by atoms with Crippen LogP contribution in [0.4, 0.5) is 0 Å². The maximum atomic E-state index is 5.82. The molecule has 0 amide bonds. The molecule has 70 valence electrons. The molecule has 0 radical (unpaired) electrons. The van der Waals surface area contributed by atoms with Gasteiger partial charge in [0.05, 0.1) is 0 Å². The van der Waals surface area contributed by atoms with E-state index in [0.717, 1.165) is 12.2 Å². The molecule has 1 heterocycles. The Hall–Kier alpha value is -1.50. The molecule has 0 saturated heterocycles. The smallest absolute Gasteiger partial charge is 0.130 e. The Morgan fingerprint density at radius 3 is 2.93 bits per heavy atom. The Morgan fingerprint density at radius 2 is 2.00 bits per heavy atom. The molecule has 0 bridgehead atoms. The van der Waals surface area contributed by atoms with E-state index in [1.54, 1.807) is 0 Å². The van der Waals surface area contributed by atoms with Gasteiger partial charge < -0.3 is 4.74 Å². The molecule has 3 rings (SSSR count). The lowest BCUT2D eigenvalue weighted by molar-refractivity contribution is 0.257. The summed E-state index contributed by atoms with van der Waals surface area (Å²) in [7, 11) is 0. The van der Waals surface area contributed by atoms with Crippen molar-refractivity contribution in [3.63, 3.8) is 0 Å². The lowest BCUT2D eigenvalue weighted by Gasteiger charge is -2.05. The van der Waals surface area contributed by atoms with Gasteiger partial charge in [0, 0.05) is 11.8 Å². The van der Waals surface area contributed by atoms with Crippen molar-refractivity contribution in [1.82, 2.24) is 0 Å². The summed E-state index contributed by atoms with van der Waals surface area (Å²) in [5, 5.41) is 2.51. The lowest BCUT2D eigenvalue weighted by atomic mass is 10.0. The minimum atomic E-state index is 0.329. The number of hydrogen-bond acceptors (Lipinski definition) is 1. The maximum absolute atomic E-state index is 5.82. The average Bonchev–Trinajstić information content (AvgIpc) is 2.59. The van der Waals surface area contributed by atoms with Crippen LogP contribution in [-0.4, -0.2) is 6.10 Å². The van der Waals surface area contributed by atoms with Crippen LogP contribution in [-0.2, 0) is 6.42 Å². The van der Waals surface area contributed by atoms with Gasteiger partial charge in [-0.1, -0.05) is 36.4 Å². The minimum absolute atomic E-state index is 0.329. The molecule has 0 fully saturated rings. The lowest BCUT2D eigenvalue weighted by Crippen LogP contribution is -2.05. The van der Waals surface area contributed by atoms with Gasteiger partial charge in [-0.2, -0.15) is 0 Å². The van der Waals surface area contributed by atoms with Gasteiger partial charge in [-0.25, -0.2) is 0 Å². The molecule has 14 heavy (non-hydrogen) atoms. The molecule has 0 aliphatic carbocycles. The van der Waals surface area contributed by atoms with Crippen LogP contribution in [0.15, 0.2) is 36.4 Å². The van der Waals surface area contributed by atoms with E-state index in [0.29, 0.717) is 6.10 Å². The van der Waals surface area contributed by atoms with Crippen molar-refractivity contribution in [3.8, 4) is 5.75 Å². The first-order chi connectivity index (χ1) is 6.84. The van der Waals surface area contributed by atoms with Crippen LogP contribution < -0.4 is 4.74 Å². The van der Waals surface area contributed by atoms with E-state index in [1.165, 1.54) is 16.3 Å². The Kier molecular flexibility index (Phi) is 1.54.